The summed E-state index contributed by atoms with van der Waals surface area (Å²) < 4.78 is 11.7. The first kappa shape index (κ1) is 18.6. The van der Waals surface area contributed by atoms with E-state index in [1.54, 1.807) is 6.07 Å². The molecule has 1 aromatic heterocycles. The molecule has 2 heterocycles. The number of hydrogen-bond acceptors (Lipinski definition) is 4. The van der Waals surface area contributed by atoms with Gasteiger partial charge in [0.1, 0.15) is 18.1 Å². The highest BCUT2D eigenvalue weighted by atomic mass is 16.5. The van der Waals surface area contributed by atoms with E-state index in [2.05, 4.69) is 35.2 Å². The predicted octanol–water partition coefficient (Wildman–Crippen LogP) is 5.16. The Labute approximate surface area is 175 Å². The molecule has 30 heavy (non-hydrogen) atoms. The third-order valence-corrected chi connectivity index (χ3v) is 5.72. The van der Waals surface area contributed by atoms with E-state index in [1.165, 1.54) is 5.56 Å². The molecule has 0 radical (unpaired) electrons. The van der Waals surface area contributed by atoms with Crippen LogP contribution in [0.3, 0.4) is 0 Å². The summed E-state index contributed by atoms with van der Waals surface area (Å²) in [5.74, 6) is 0.840. The highest BCUT2D eigenvalue weighted by molar-refractivity contribution is 5.96. The minimum atomic E-state index is -0.343. The quantitative estimate of drug-likeness (QED) is 0.446. The average molecular weight is 397 g/mol. The summed E-state index contributed by atoms with van der Waals surface area (Å²) in [7, 11) is 0. The molecular weight excluding hydrogens is 374 g/mol. The van der Waals surface area contributed by atoms with Crippen LogP contribution in [0.5, 0.6) is 5.75 Å². The molecule has 0 amide bonds. The maximum Gasteiger partial charge on any atom is 0.336 e. The number of hydrogen-bond donors (Lipinski definition) is 0. The van der Waals surface area contributed by atoms with Crippen LogP contribution in [0, 0.1) is 6.92 Å². The fourth-order valence-corrected chi connectivity index (χ4v) is 4.20. The lowest BCUT2D eigenvalue weighted by molar-refractivity contribution is 0.0959. The molecule has 4 nitrogen and oxygen atoms in total. The number of nitrogens with zero attached hydrogens (tertiary/aromatic N) is 1. The van der Waals surface area contributed by atoms with Gasteiger partial charge in [0.25, 0.3) is 0 Å². The normalized spacial score (nSPS) is 13.8. The topological polar surface area (TPSA) is 42.7 Å². The monoisotopic (exact) mass is 397 g/mol. The molecule has 0 aliphatic carbocycles. The number of aryl methyl sites for hydroxylation is 1. The van der Waals surface area contributed by atoms with Gasteiger partial charge in [-0.15, -0.1) is 0 Å². The highest BCUT2D eigenvalue weighted by Crippen LogP contribution is 2.38. The van der Waals surface area contributed by atoms with E-state index in [0.717, 1.165) is 52.9 Å². The van der Waals surface area contributed by atoms with Crippen molar-refractivity contribution in [2.24, 2.45) is 0 Å². The fourth-order valence-electron chi connectivity index (χ4n) is 4.20. The third-order valence-electron chi connectivity index (χ3n) is 5.72. The lowest BCUT2D eigenvalue weighted by Crippen LogP contribution is -2.34. The molecule has 5 rings (SSSR count). The first-order valence-electron chi connectivity index (χ1n) is 10.2. The van der Waals surface area contributed by atoms with Crippen LogP contribution in [-0.4, -0.2) is 18.2 Å². The molecular formula is C26H23NO3. The summed E-state index contributed by atoms with van der Waals surface area (Å²) in [6.45, 7) is 4.25. The summed E-state index contributed by atoms with van der Waals surface area (Å²) in [5, 5.41) is 0.950. The maximum atomic E-state index is 12.3. The van der Waals surface area contributed by atoms with Crippen LogP contribution in [0.4, 0.5) is 0 Å². The molecule has 1 aliphatic heterocycles. The molecule has 0 atom stereocenters. The Balaban J connectivity index is 1.52. The summed E-state index contributed by atoms with van der Waals surface area (Å²) in [6, 6.07) is 24.2. The van der Waals surface area contributed by atoms with Gasteiger partial charge in [0, 0.05) is 35.7 Å². The zero-order chi connectivity index (χ0) is 20.5. The van der Waals surface area contributed by atoms with Gasteiger partial charge >= 0.3 is 5.63 Å². The van der Waals surface area contributed by atoms with E-state index < -0.39 is 0 Å². The van der Waals surface area contributed by atoms with Gasteiger partial charge in [-0.1, -0.05) is 60.7 Å². The molecule has 1 aliphatic rings. The molecule has 150 valence electrons. The second-order valence-corrected chi connectivity index (χ2v) is 7.77. The number of benzene rings is 3. The van der Waals surface area contributed by atoms with Gasteiger partial charge in [0.2, 0.25) is 0 Å². The SMILES string of the molecule is Cc1c2c(cc3c(-c4ccccc4)cc(=O)oc13)CN(CCc1ccccc1)CO2. The Morgan fingerprint density at radius 3 is 2.47 bits per heavy atom. The Morgan fingerprint density at radius 1 is 0.967 bits per heavy atom. The highest BCUT2D eigenvalue weighted by Gasteiger charge is 2.23. The zero-order valence-corrected chi connectivity index (χ0v) is 16.9. The minimum absolute atomic E-state index is 0.343. The maximum absolute atomic E-state index is 12.3. The van der Waals surface area contributed by atoms with Gasteiger partial charge in [0.05, 0.1) is 0 Å². The van der Waals surface area contributed by atoms with Crippen molar-refractivity contribution in [2.75, 3.05) is 13.3 Å². The van der Waals surface area contributed by atoms with Gasteiger partial charge in [-0.3, -0.25) is 4.90 Å². The Bertz CT molecular complexity index is 1250. The van der Waals surface area contributed by atoms with Crippen LogP contribution in [-0.2, 0) is 13.0 Å². The van der Waals surface area contributed by atoms with Gasteiger partial charge in [0.15, 0.2) is 0 Å². The van der Waals surface area contributed by atoms with Crippen molar-refractivity contribution in [1.82, 2.24) is 4.90 Å². The molecule has 0 N–H and O–H groups in total. The molecule has 0 fully saturated rings. The van der Waals surface area contributed by atoms with Crippen LogP contribution in [0.15, 0.2) is 82.0 Å². The second-order valence-electron chi connectivity index (χ2n) is 7.77. The first-order chi connectivity index (χ1) is 14.7. The van der Waals surface area contributed by atoms with E-state index in [4.69, 9.17) is 9.15 Å². The van der Waals surface area contributed by atoms with Gasteiger partial charge < -0.3 is 9.15 Å². The van der Waals surface area contributed by atoms with Crippen LogP contribution in [0.25, 0.3) is 22.1 Å². The molecule has 0 saturated carbocycles. The van der Waals surface area contributed by atoms with Crippen molar-refractivity contribution < 1.29 is 9.15 Å². The molecule has 0 unspecified atom stereocenters. The van der Waals surface area contributed by atoms with Crippen LogP contribution >= 0.6 is 0 Å². The van der Waals surface area contributed by atoms with Crippen LogP contribution in [0.1, 0.15) is 16.7 Å². The Hall–Kier alpha value is -3.37. The average Bonchev–Trinajstić information content (AvgIpc) is 2.79. The summed E-state index contributed by atoms with van der Waals surface area (Å²) in [4.78, 5) is 14.6. The Morgan fingerprint density at radius 2 is 1.70 bits per heavy atom. The molecule has 0 spiro atoms. The number of rotatable bonds is 4. The largest absolute Gasteiger partial charge is 0.477 e. The molecule has 0 saturated heterocycles. The molecule has 3 aromatic carbocycles. The minimum Gasteiger partial charge on any atom is -0.477 e. The lowest BCUT2D eigenvalue weighted by atomic mass is 9.97. The standard InChI is InChI=1S/C26H23NO3/c1-18-25-21(16-27(17-29-25)13-12-19-8-4-2-5-9-19)14-23-22(15-24(28)30-26(18)23)20-10-6-3-7-11-20/h2-11,14-15H,12-13,16-17H2,1H3. The summed E-state index contributed by atoms with van der Waals surface area (Å²) in [6.07, 6.45) is 0.982. The van der Waals surface area contributed by atoms with Crippen molar-refractivity contribution in [3.8, 4) is 16.9 Å². The summed E-state index contributed by atoms with van der Waals surface area (Å²) >= 11 is 0. The summed E-state index contributed by atoms with van der Waals surface area (Å²) in [5.41, 5.74) is 5.51. The van der Waals surface area contributed by atoms with E-state index in [-0.39, 0.29) is 5.63 Å². The number of fused-ring (bicyclic) bond motifs is 2. The molecule has 4 heteroatoms. The smallest absolute Gasteiger partial charge is 0.336 e. The molecule has 4 aromatic rings. The number of ether oxygens (including phenoxy) is 1. The van der Waals surface area contributed by atoms with Gasteiger partial charge in [-0.05, 0) is 36.1 Å². The van der Waals surface area contributed by atoms with Crippen LogP contribution in [0.2, 0.25) is 0 Å². The van der Waals surface area contributed by atoms with E-state index in [0.29, 0.717) is 12.3 Å². The van der Waals surface area contributed by atoms with E-state index >= 15 is 0 Å². The third kappa shape index (κ3) is 3.51. The van der Waals surface area contributed by atoms with Crippen molar-refractivity contribution in [1.29, 1.82) is 0 Å². The van der Waals surface area contributed by atoms with E-state index in [1.807, 2.05) is 43.3 Å². The fraction of sp³-hybridized carbons (Fsp3) is 0.192. The van der Waals surface area contributed by atoms with Crippen LogP contribution < -0.4 is 10.4 Å². The van der Waals surface area contributed by atoms with E-state index in [9.17, 15) is 4.79 Å². The lowest BCUT2D eigenvalue weighted by Gasteiger charge is -2.30. The van der Waals surface area contributed by atoms with Crippen molar-refractivity contribution in [3.63, 3.8) is 0 Å². The van der Waals surface area contributed by atoms with Crippen molar-refractivity contribution in [3.05, 3.63) is 99.9 Å². The second kappa shape index (κ2) is 7.81. The van der Waals surface area contributed by atoms with Crippen molar-refractivity contribution >= 4 is 11.0 Å². The van der Waals surface area contributed by atoms with Gasteiger partial charge in [-0.25, -0.2) is 4.79 Å². The first-order valence-corrected chi connectivity index (χ1v) is 10.2. The Kier molecular flexibility index (Phi) is 4.85. The predicted molar refractivity (Wildman–Crippen MR) is 119 cm³/mol. The molecule has 0 bridgehead atoms. The van der Waals surface area contributed by atoms with Crippen molar-refractivity contribution in [2.45, 2.75) is 19.9 Å². The van der Waals surface area contributed by atoms with Gasteiger partial charge in [-0.2, -0.15) is 0 Å². The zero-order valence-electron chi connectivity index (χ0n) is 16.9.